The number of nitrogens with one attached hydrogen (secondary N) is 2. The van der Waals surface area contributed by atoms with E-state index < -0.39 is 28.7 Å². The topological polar surface area (TPSA) is 75.3 Å². The van der Waals surface area contributed by atoms with Crippen LogP contribution in [0.15, 0.2) is 57.9 Å². The van der Waals surface area contributed by atoms with Crippen molar-refractivity contribution >= 4 is 37.5 Å². The Bertz CT molecular complexity index is 851. The van der Waals surface area contributed by atoms with Crippen molar-refractivity contribution in [1.82, 2.24) is 5.32 Å². The monoisotopic (exact) mass is 436 g/mol. The van der Waals surface area contributed by atoms with Gasteiger partial charge in [0.25, 0.3) is 15.9 Å². The van der Waals surface area contributed by atoms with Gasteiger partial charge in [-0.25, -0.2) is 8.42 Å². The molecule has 1 amide bonds. The molecule has 0 aliphatic carbocycles. The number of anilines is 1. The van der Waals surface area contributed by atoms with E-state index in [0.29, 0.717) is 0 Å². The lowest BCUT2D eigenvalue weighted by atomic mass is 10.2. The molecule has 2 N–H and O–H groups in total. The summed E-state index contributed by atoms with van der Waals surface area (Å²) in [6.45, 7) is -1.44. The maximum absolute atomic E-state index is 12.2. The third-order valence-corrected chi connectivity index (χ3v) is 4.90. The molecule has 10 heteroatoms. The van der Waals surface area contributed by atoms with Crippen molar-refractivity contribution < 1.29 is 26.4 Å². The van der Waals surface area contributed by atoms with Gasteiger partial charge in [-0.3, -0.25) is 9.52 Å². The van der Waals surface area contributed by atoms with Crippen molar-refractivity contribution in [3.8, 4) is 0 Å². The number of amides is 1. The van der Waals surface area contributed by atoms with E-state index >= 15 is 0 Å². The third kappa shape index (κ3) is 5.75. The fraction of sp³-hybridized carbons (Fsp3) is 0.133. The molecular formula is C15H12BrF3N2O3S. The van der Waals surface area contributed by atoms with Crippen LogP contribution in [0.3, 0.4) is 0 Å². The Morgan fingerprint density at radius 3 is 2.08 bits per heavy atom. The average Bonchev–Trinajstić information content (AvgIpc) is 2.52. The van der Waals surface area contributed by atoms with Crippen LogP contribution in [0.4, 0.5) is 18.9 Å². The van der Waals surface area contributed by atoms with Gasteiger partial charge in [0.1, 0.15) is 6.54 Å². The Hall–Kier alpha value is -2.07. The summed E-state index contributed by atoms with van der Waals surface area (Å²) in [7, 11) is -3.81. The summed E-state index contributed by atoms with van der Waals surface area (Å²) in [4.78, 5) is 11.6. The Labute approximate surface area is 150 Å². The minimum Gasteiger partial charge on any atom is -0.343 e. The summed E-state index contributed by atoms with van der Waals surface area (Å²) in [5, 5.41) is 1.73. The number of hydrogen-bond donors (Lipinski definition) is 2. The fourth-order valence-electron chi connectivity index (χ4n) is 1.80. The van der Waals surface area contributed by atoms with Crippen LogP contribution in [0.5, 0.6) is 0 Å². The molecule has 134 valence electrons. The van der Waals surface area contributed by atoms with Crippen LogP contribution in [0.1, 0.15) is 10.4 Å². The number of benzene rings is 2. The van der Waals surface area contributed by atoms with Gasteiger partial charge in [-0.2, -0.15) is 13.2 Å². The summed E-state index contributed by atoms with van der Waals surface area (Å²) in [6, 6.07) is 11.0. The predicted molar refractivity (Wildman–Crippen MR) is 89.8 cm³/mol. The lowest BCUT2D eigenvalue weighted by Crippen LogP contribution is -2.33. The summed E-state index contributed by atoms with van der Waals surface area (Å²) in [5.74, 6) is -0.903. The number of rotatable bonds is 5. The Kier molecular flexibility index (Phi) is 5.73. The second-order valence-electron chi connectivity index (χ2n) is 4.93. The highest BCUT2D eigenvalue weighted by atomic mass is 79.9. The molecule has 5 nitrogen and oxygen atoms in total. The number of halogens is 4. The van der Waals surface area contributed by atoms with Crippen molar-refractivity contribution in [1.29, 1.82) is 0 Å². The number of carbonyl (C=O) groups is 1. The van der Waals surface area contributed by atoms with Crippen LogP contribution >= 0.6 is 15.9 Å². The van der Waals surface area contributed by atoms with Crippen LogP contribution in [0.25, 0.3) is 0 Å². The summed E-state index contributed by atoms with van der Waals surface area (Å²) in [6.07, 6.45) is -4.50. The molecular weight excluding hydrogens is 425 g/mol. The molecule has 0 spiro atoms. The van der Waals surface area contributed by atoms with Crippen molar-refractivity contribution in [2.75, 3.05) is 11.3 Å². The molecule has 0 saturated carbocycles. The zero-order valence-electron chi connectivity index (χ0n) is 12.5. The van der Waals surface area contributed by atoms with Crippen molar-refractivity contribution in [3.05, 3.63) is 58.6 Å². The SMILES string of the molecule is O=C(NCC(F)(F)F)c1ccc(NS(=O)(=O)c2ccc(Br)cc2)cc1. The Balaban J connectivity index is 2.07. The highest BCUT2D eigenvalue weighted by molar-refractivity contribution is 9.10. The Morgan fingerprint density at radius 1 is 1.00 bits per heavy atom. The zero-order chi connectivity index (χ0) is 18.7. The second kappa shape index (κ2) is 7.44. The fourth-order valence-corrected chi connectivity index (χ4v) is 3.12. The quantitative estimate of drug-likeness (QED) is 0.752. The van der Waals surface area contributed by atoms with Gasteiger partial charge in [-0.1, -0.05) is 15.9 Å². The largest absolute Gasteiger partial charge is 0.405 e. The van der Waals surface area contributed by atoms with E-state index in [9.17, 15) is 26.4 Å². The van der Waals surface area contributed by atoms with E-state index in [0.717, 1.165) is 4.47 Å². The average molecular weight is 437 g/mol. The van der Waals surface area contributed by atoms with E-state index in [4.69, 9.17) is 0 Å². The highest BCUT2D eigenvalue weighted by Crippen LogP contribution is 2.19. The van der Waals surface area contributed by atoms with Crippen LogP contribution < -0.4 is 10.0 Å². The number of alkyl halides is 3. The number of carbonyl (C=O) groups excluding carboxylic acids is 1. The first-order chi connectivity index (χ1) is 11.6. The molecule has 2 aromatic carbocycles. The van der Waals surface area contributed by atoms with E-state index in [1.807, 2.05) is 0 Å². The maximum Gasteiger partial charge on any atom is 0.405 e. The smallest absolute Gasteiger partial charge is 0.343 e. The van der Waals surface area contributed by atoms with Crippen LogP contribution in [-0.4, -0.2) is 27.0 Å². The lowest BCUT2D eigenvalue weighted by molar-refractivity contribution is -0.123. The maximum atomic E-state index is 12.2. The predicted octanol–water partition coefficient (Wildman–Crippen LogP) is 3.54. The molecule has 0 unspecified atom stereocenters. The molecule has 2 rings (SSSR count). The molecule has 0 atom stereocenters. The molecule has 0 fully saturated rings. The van der Waals surface area contributed by atoms with Gasteiger partial charge in [0.05, 0.1) is 4.90 Å². The first-order valence-corrected chi connectivity index (χ1v) is 9.08. The summed E-state index contributed by atoms with van der Waals surface area (Å²) in [5.41, 5.74) is 0.158. The summed E-state index contributed by atoms with van der Waals surface area (Å²) >= 11 is 3.20. The first-order valence-electron chi connectivity index (χ1n) is 6.80. The first kappa shape index (κ1) is 19.3. The van der Waals surface area contributed by atoms with Gasteiger partial charge in [-0.15, -0.1) is 0 Å². The molecule has 0 radical (unpaired) electrons. The van der Waals surface area contributed by atoms with Gasteiger partial charge in [0.2, 0.25) is 0 Å². The van der Waals surface area contributed by atoms with Crippen LogP contribution in [0.2, 0.25) is 0 Å². The van der Waals surface area contributed by atoms with Crippen molar-refractivity contribution in [2.24, 2.45) is 0 Å². The van der Waals surface area contributed by atoms with Gasteiger partial charge in [0, 0.05) is 15.7 Å². The Morgan fingerprint density at radius 2 is 1.56 bits per heavy atom. The molecule has 0 saturated heterocycles. The van der Waals surface area contributed by atoms with Gasteiger partial charge < -0.3 is 5.32 Å². The zero-order valence-corrected chi connectivity index (χ0v) is 14.9. The molecule has 0 bridgehead atoms. The molecule has 2 aromatic rings. The minimum atomic E-state index is -4.50. The number of sulfonamides is 1. The molecule has 0 aromatic heterocycles. The molecule has 25 heavy (non-hydrogen) atoms. The van der Waals surface area contributed by atoms with Crippen molar-refractivity contribution in [3.63, 3.8) is 0 Å². The molecule has 0 heterocycles. The van der Waals surface area contributed by atoms with E-state index in [1.165, 1.54) is 36.4 Å². The van der Waals surface area contributed by atoms with Crippen LogP contribution in [0, 0.1) is 0 Å². The van der Waals surface area contributed by atoms with Crippen molar-refractivity contribution in [2.45, 2.75) is 11.1 Å². The van der Waals surface area contributed by atoms with E-state index in [1.54, 1.807) is 17.4 Å². The van der Waals surface area contributed by atoms with Gasteiger partial charge in [0.15, 0.2) is 0 Å². The van der Waals surface area contributed by atoms with Gasteiger partial charge in [-0.05, 0) is 48.5 Å². The van der Waals surface area contributed by atoms with Crippen LogP contribution in [-0.2, 0) is 10.0 Å². The molecule has 0 aliphatic heterocycles. The highest BCUT2D eigenvalue weighted by Gasteiger charge is 2.27. The molecule has 0 aliphatic rings. The van der Waals surface area contributed by atoms with Gasteiger partial charge >= 0.3 is 6.18 Å². The minimum absolute atomic E-state index is 0.0177. The third-order valence-electron chi connectivity index (χ3n) is 2.97. The summed E-state index contributed by atoms with van der Waals surface area (Å²) < 4.78 is 63.7. The lowest BCUT2D eigenvalue weighted by Gasteiger charge is -2.10. The normalized spacial score (nSPS) is 11.8. The number of hydrogen-bond acceptors (Lipinski definition) is 3. The van der Waals surface area contributed by atoms with E-state index in [-0.39, 0.29) is 16.1 Å². The van der Waals surface area contributed by atoms with E-state index in [2.05, 4.69) is 20.7 Å². The second-order valence-corrected chi connectivity index (χ2v) is 7.53. The standard InChI is InChI=1S/C15H12BrF3N2O3S/c16-11-3-7-13(8-4-11)25(23,24)21-12-5-1-10(2-6-12)14(22)20-9-15(17,18)19/h1-8,21H,9H2,(H,20,22).